The van der Waals surface area contributed by atoms with Gasteiger partial charge < -0.3 is 16.2 Å². The molecule has 4 rings (SSSR count). The summed E-state index contributed by atoms with van der Waals surface area (Å²) in [7, 11) is 0. The summed E-state index contributed by atoms with van der Waals surface area (Å²) >= 11 is 0. The summed E-state index contributed by atoms with van der Waals surface area (Å²) in [5, 5.41) is 0. The van der Waals surface area contributed by atoms with Gasteiger partial charge in [-0.05, 0) is 60.2 Å². The quantitative estimate of drug-likeness (QED) is 0.537. The van der Waals surface area contributed by atoms with Crippen LogP contribution >= 0.6 is 0 Å². The Bertz CT molecular complexity index is 900. The number of benzene rings is 2. The van der Waals surface area contributed by atoms with Crippen molar-refractivity contribution in [1.82, 2.24) is 4.98 Å². The number of nitrogens with zero attached hydrogens (tertiary/aromatic N) is 1. The number of rotatable bonds is 6. The smallest absolute Gasteiger partial charge is 0.250 e. The molecule has 0 aliphatic heterocycles. The topological polar surface area (TPSA) is 91.2 Å². The fourth-order valence-corrected chi connectivity index (χ4v) is 2.72. The van der Waals surface area contributed by atoms with Gasteiger partial charge in [0.15, 0.2) is 0 Å². The van der Waals surface area contributed by atoms with E-state index in [1.807, 2.05) is 24.3 Å². The second kappa shape index (κ2) is 9.15. The first-order chi connectivity index (χ1) is 13.5. The highest BCUT2D eigenvalue weighted by atomic mass is 16.5. The Morgan fingerprint density at radius 3 is 2.25 bits per heavy atom. The third-order valence-electron chi connectivity index (χ3n) is 4.53. The van der Waals surface area contributed by atoms with Crippen LogP contribution in [-0.2, 0) is 12.8 Å². The third kappa shape index (κ3) is 5.66. The highest BCUT2D eigenvalue weighted by molar-refractivity contribution is 5.92. The van der Waals surface area contributed by atoms with Gasteiger partial charge in [0.1, 0.15) is 5.75 Å². The lowest BCUT2D eigenvalue weighted by Gasteiger charge is -2.09. The van der Waals surface area contributed by atoms with Crippen molar-refractivity contribution < 1.29 is 9.53 Å². The number of primary amides is 1. The van der Waals surface area contributed by atoms with Crippen molar-refractivity contribution in [2.75, 3.05) is 6.54 Å². The Balaban J connectivity index is 0.000000264. The maximum atomic E-state index is 11.0. The molecule has 0 fully saturated rings. The van der Waals surface area contributed by atoms with E-state index < -0.39 is 5.91 Å². The number of carbonyl (C=O) groups excluding carboxylic acids is 1. The van der Waals surface area contributed by atoms with Crippen molar-refractivity contribution in [3.63, 3.8) is 0 Å². The Morgan fingerprint density at radius 2 is 1.75 bits per heavy atom. The van der Waals surface area contributed by atoms with Crippen LogP contribution in [0, 0.1) is 5.92 Å². The molecule has 1 amide bonds. The first-order valence-electron chi connectivity index (χ1n) is 9.34. The first-order valence-corrected chi connectivity index (χ1v) is 9.34. The Labute approximate surface area is 165 Å². The van der Waals surface area contributed by atoms with Crippen LogP contribution in [0.3, 0.4) is 0 Å². The number of amides is 1. The number of hydrogen-bond donors (Lipinski definition) is 2. The van der Waals surface area contributed by atoms with E-state index in [0.29, 0.717) is 29.7 Å². The second-order valence-corrected chi connectivity index (χ2v) is 6.99. The van der Waals surface area contributed by atoms with Gasteiger partial charge in [-0.2, -0.15) is 0 Å². The highest BCUT2D eigenvalue weighted by Gasteiger charge is 2.12. The average molecular weight is 375 g/mol. The Hall–Kier alpha value is -3.18. The van der Waals surface area contributed by atoms with Crippen LogP contribution in [0.4, 0.5) is 0 Å². The molecule has 1 unspecified atom stereocenters. The van der Waals surface area contributed by atoms with Crippen molar-refractivity contribution in [3.05, 3.63) is 89.1 Å². The number of hydrogen-bond acceptors (Lipinski definition) is 4. The molecule has 28 heavy (non-hydrogen) atoms. The maximum absolute atomic E-state index is 11.0. The van der Waals surface area contributed by atoms with Gasteiger partial charge in [-0.1, -0.05) is 43.3 Å². The molecule has 5 nitrogen and oxygen atoms in total. The van der Waals surface area contributed by atoms with Crippen LogP contribution in [0.1, 0.15) is 34.0 Å². The average Bonchev–Trinajstić information content (AvgIpc) is 3.50. The van der Waals surface area contributed by atoms with E-state index in [1.54, 1.807) is 12.1 Å². The lowest BCUT2D eigenvalue weighted by atomic mass is 10.0. The SMILES string of the molecule is CC(CN)Cc1ccc(Oc2ccc(C(N)=O)cn2)cc1.c1ccc2c(c1)C2. The van der Waals surface area contributed by atoms with E-state index in [4.69, 9.17) is 16.2 Å². The van der Waals surface area contributed by atoms with Crippen molar-refractivity contribution in [2.45, 2.75) is 19.8 Å². The monoisotopic (exact) mass is 375 g/mol. The number of fused-ring (bicyclic) bond motifs is 1. The molecule has 1 heterocycles. The second-order valence-electron chi connectivity index (χ2n) is 6.99. The maximum Gasteiger partial charge on any atom is 0.250 e. The molecule has 0 saturated heterocycles. The zero-order valence-corrected chi connectivity index (χ0v) is 16.0. The number of nitrogens with two attached hydrogens (primary N) is 2. The van der Waals surface area contributed by atoms with Crippen molar-refractivity contribution >= 4 is 5.91 Å². The fourth-order valence-electron chi connectivity index (χ4n) is 2.72. The van der Waals surface area contributed by atoms with Gasteiger partial charge in [-0.25, -0.2) is 4.98 Å². The van der Waals surface area contributed by atoms with E-state index in [9.17, 15) is 4.79 Å². The molecule has 1 aliphatic carbocycles. The minimum atomic E-state index is -0.507. The summed E-state index contributed by atoms with van der Waals surface area (Å²) in [5.41, 5.74) is 15.4. The molecule has 0 saturated carbocycles. The van der Waals surface area contributed by atoms with Crippen molar-refractivity contribution in [1.29, 1.82) is 0 Å². The fraction of sp³-hybridized carbons (Fsp3) is 0.217. The lowest BCUT2D eigenvalue weighted by Crippen LogP contribution is -2.12. The Kier molecular flexibility index (Phi) is 6.40. The molecular formula is C23H25N3O2. The van der Waals surface area contributed by atoms with E-state index >= 15 is 0 Å². The summed E-state index contributed by atoms with van der Waals surface area (Å²) in [6, 6.07) is 19.5. The van der Waals surface area contributed by atoms with Gasteiger partial charge in [-0.3, -0.25) is 4.79 Å². The minimum absolute atomic E-state index is 0.355. The van der Waals surface area contributed by atoms with Crippen LogP contribution in [0.2, 0.25) is 0 Å². The lowest BCUT2D eigenvalue weighted by molar-refractivity contribution is 0.1000. The molecule has 144 valence electrons. The van der Waals surface area contributed by atoms with Crippen molar-refractivity contribution in [3.8, 4) is 11.6 Å². The zero-order valence-electron chi connectivity index (χ0n) is 16.0. The number of aromatic nitrogens is 1. The molecule has 0 spiro atoms. The molecule has 0 radical (unpaired) electrons. The van der Waals surface area contributed by atoms with E-state index in [-0.39, 0.29) is 0 Å². The molecular weight excluding hydrogens is 350 g/mol. The first kappa shape index (κ1) is 19.6. The molecule has 1 atom stereocenters. The van der Waals surface area contributed by atoms with Crippen LogP contribution in [0.25, 0.3) is 0 Å². The summed E-state index contributed by atoms with van der Waals surface area (Å²) in [6.07, 6.45) is 3.59. The molecule has 0 bridgehead atoms. The van der Waals surface area contributed by atoms with Gasteiger partial charge >= 0.3 is 0 Å². The molecule has 2 aromatic carbocycles. The van der Waals surface area contributed by atoms with Crippen LogP contribution in [0.15, 0.2) is 66.9 Å². The number of carbonyl (C=O) groups is 1. The molecule has 1 aromatic heterocycles. The normalized spacial score (nSPS) is 12.2. The predicted molar refractivity (Wildman–Crippen MR) is 110 cm³/mol. The molecule has 5 heteroatoms. The van der Waals surface area contributed by atoms with Crippen LogP contribution in [0.5, 0.6) is 11.6 Å². The third-order valence-corrected chi connectivity index (χ3v) is 4.53. The number of ether oxygens (including phenoxy) is 1. The molecule has 3 aromatic rings. The minimum Gasteiger partial charge on any atom is -0.439 e. The van der Waals surface area contributed by atoms with Crippen LogP contribution < -0.4 is 16.2 Å². The van der Waals surface area contributed by atoms with E-state index in [0.717, 1.165) is 6.42 Å². The summed E-state index contributed by atoms with van der Waals surface area (Å²) < 4.78 is 5.61. The van der Waals surface area contributed by atoms with Crippen molar-refractivity contribution in [2.24, 2.45) is 17.4 Å². The van der Waals surface area contributed by atoms with E-state index in [2.05, 4.69) is 36.2 Å². The van der Waals surface area contributed by atoms with E-state index in [1.165, 1.54) is 29.3 Å². The number of pyridine rings is 1. The zero-order chi connectivity index (χ0) is 19.9. The standard InChI is InChI=1S/C16H19N3O2.C7H6/c1-11(9-17)8-12-2-5-14(6-3-12)21-15-7-4-13(10-19-15)16(18)20;1-2-4-7-5-6(7)3-1/h2-7,10-11H,8-9,17H2,1H3,(H2,18,20);1-4H,5H2. The van der Waals surface area contributed by atoms with Gasteiger partial charge in [-0.15, -0.1) is 0 Å². The van der Waals surface area contributed by atoms with Gasteiger partial charge in [0.05, 0.1) is 5.56 Å². The van der Waals surface area contributed by atoms with Gasteiger partial charge in [0, 0.05) is 12.3 Å². The van der Waals surface area contributed by atoms with Gasteiger partial charge in [0.2, 0.25) is 11.8 Å². The summed E-state index contributed by atoms with van der Waals surface area (Å²) in [4.78, 5) is 15.0. The molecule has 4 N–H and O–H groups in total. The van der Waals surface area contributed by atoms with Gasteiger partial charge in [0.25, 0.3) is 0 Å². The predicted octanol–water partition coefficient (Wildman–Crippen LogP) is 3.70. The summed E-state index contributed by atoms with van der Waals surface area (Å²) in [5.74, 6) is 1.06. The highest BCUT2D eigenvalue weighted by Crippen LogP contribution is 2.25. The molecule has 1 aliphatic rings. The summed E-state index contributed by atoms with van der Waals surface area (Å²) in [6.45, 7) is 2.79. The largest absolute Gasteiger partial charge is 0.439 e. The Morgan fingerprint density at radius 1 is 1.07 bits per heavy atom. The van der Waals surface area contributed by atoms with Crippen LogP contribution in [-0.4, -0.2) is 17.4 Å².